The van der Waals surface area contributed by atoms with Crippen molar-refractivity contribution in [2.24, 2.45) is 17.8 Å². The van der Waals surface area contributed by atoms with Crippen LogP contribution in [0.15, 0.2) is 53.8 Å². The van der Waals surface area contributed by atoms with Crippen molar-refractivity contribution in [2.75, 3.05) is 0 Å². The highest BCUT2D eigenvalue weighted by Crippen LogP contribution is 2.32. The van der Waals surface area contributed by atoms with Crippen LogP contribution in [-0.4, -0.2) is 21.7 Å². The van der Waals surface area contributed by atoms with E-state index in [2.05, 4.69) is 26.8 Å². The van der Waals surface area contributed by atoms with Gasteiger partial charge in [0.1, 0.15) is 17.1 Å². The maximum absolute atomic E-state index is 11.5. The molecule has 0 atom stereocenters. The lowest BCUT2D eigenvalue weighted by Crippen LogP contribution is -2.16. The van der Waals surface area contributed by atoms with Crippen molar-refractivity contribution < 1.29 is 17.9 Å². The van der Waals surface area contributed by atoms with Gasteiger partial charge in [-0.15, -0.1) is 13.2 Å². The number of aromatic nitrogens is 2. The van der Waals surface area contributed by atoms with E-state index in [-0.39, 0.29) is 5.75 Å². The molecule has 0 saturated heterocycles. The van der Waals surface area contributed by atoms with Gasteiger partial charge in [0.2, 0.25) is 0 Å². The fourth-order valence-corrected chi connectivity index (χ4v) is 2.50. The molecule has 8 heteroatoms. The van der Waals surface area contributed by atoms with Gasteiger partial charge < -0.3 is 15.0 Å². The van der Waals surface area contributed by atoms with Crippen molar-refractivity contribution in [3.8, 4) is 5.75 Å². The van der Waals surface area contributed by atoms with E-state index in [1.165, 1.54) is 29.8 Å². The van der Waals surface area contributed by atoms with Gasteiger partial charge in [0.05, 0.1) is 17.5 Å². The number of rotatable bonds is 1. The normalized spacial score (nSPS) is 13.0. The van der Waals surface area contributed by atoms with E-state index < -0.39 is 6.36 Å². The zero-order chi connectivity index (χ0) is 18.0. The second-order valence-corrected chi connectivity index (χ2v) is 5.44. The summed E-state index contributed by atoms with van der Waals surface area (Å²) in [5, 5.41) is 0. The second-order valence-electron chi connectivity index (χ2n) is 5.44. The van der Waals surface area contributed by atoms with E-state index in [4.69, 9.17) is 5.73 Å². The highest BCUT2D eigenvalue weighted by Gasteiger charge is 2.30. The molecule has 4 rings (SSSR count). The summed E-state index contributed by atoms with van der Waals surface area (Å²) in [4.78, 5) is 8.64. The van der Waals surface area contributed by atoms with Crippen LogP contribution in [0, 0.1) is 0 Å². The van der Waals surface area contributed by atoms with Gasteiger partial charge >= 0.3 is 6.36 Å². The number of para-hydroxylation sites is 1. The van der Waals surface area contributed by atoms with E-state index >= 15 is 0 Å². The predicted octanol–water partition coefficient (Wildman–Crippen LogP) is 3.70. The number of aryl methyl sites for hydroxylation is 1. The minimum absolute atomic E-state index is 0.194. The molecule has 2 heterocycles. The fraction of sp³-hybridized carbons (Fsp3) is 0.176. The Morgan fingerprint density at radius 2 is 1.84 bits per heavy atom. The van der Waals surface area contributed by atoms with Gasteiger partial charge in [0.15, 0.2) is 0 Å². The quantitative estimate of drug-likeness (QED) is 0.729. The molecule has 5 nitrogen and oxygen atoms in total. The molecule has 1 aliphatic rings. The first-order chi connectivity index (χ1) is 11.8. The SMILES string of the molecule is Cn1cnc2c3c(ccc21)CC(N)=N3.FC(F)(F)Oc1ccccc1. The Labute approximate surface area is 141 Å². The molecule has 130 valence electrons. The minimum Gasteiger partial charge on any atom is -0.406 e. The lowest BCUT2D eigenvalue weighted by Gasteiger charge is -2.07. The highest BCUT2D eigenvalue weighted by molar-refractivity contribution is 5.99. The topological polar surface area (TPSA) is 65.4 Å². The molecule has 0 saturated carbocycles. The first-order valence-corrected chi connectivity index (χ1v) is 7.40. The lowest BCUT2D eigenvalue weighted by atomic mass is 10.1. The zero-order valence-electron chi connectivity index (χ0n) is 13.3. The van der Waals surface area contributed by atoms with E-state index in [9.17, 15) is 13.2 Å². The zero-order valence-corrected chi connectivity index (χ0v) is 13.3. The Morgan fingerprint density at radius 1 is 1.12 bits per heavy atom. The molecule has 0 fully saturated rings. The Hall–Kier alpha value is -3.03. The average Bonchev–Trinajstić information content (AvgIpc) is 3.09. The summed E-state index contributed by atoms with van der Waals surface area (Å²) in [5.74, 6) is 0.484. The molecule has 3 aromatic rings. The van der Waals surface area contributed by atoms with E-state index in [1.807, 2.05) is 11.6 Å². The lowest BCUT2D eigenvalue weighted by molar-refractivity contribution is -0.274. The molecule has 1 aliphatic heterocycles. The van der Waals surface area contributed by atoms with Crippen LogP contribution in [0.1, 0.15) is 5.56 Å². The number of imidazole rings is 1. The molecular formula is C17H15F3N4O. The molecule has 25 heavy (non-hydrogen) atoms. The predicted molar refractivity (Wildman–Crippen MR) is 88.8 cm³/mol. The molecule has 0 spiro atoms. The standard InChI is InChI=1S/C10H10N4.C7H5F3O/c1-14-5-12-10-7(14)3-2-6-4-8(11)13-9(6)10;8-7(9,10)11-6-4-2-1-3-5-6/h2-3,5H,4H2,1H3,(H2,11,13);1-5H. The summed E-state index contributed by atoms with van der Waals surface area (Å²) in [6.45, 7) is 0. The molecule has 0 amide bonds. The van der Waals surface area contributed by atoms with Crippen LogP contribution >= 0.6 is 0 Å². The number of nitrogens with zero attached hydrogens (tertiary/aromatic N) is 3. The smallest absolute Gasteiger partial charge is 0.406 e. The van der Waals surface area contributed by atoms with Gasteiger partial charge in [0, 0.05) is 13.5 Å². The van der Waals surface area contributed by atoms with Crippen molar-refractivity contribution in [1.29, 1.82) is 0 Å². The van der Waals surface area contributed by atoms with Gasteiger partial charge in [0.25, 0.3) is 0 Å². The van der Waals surface area contributed by atoms with Gasteiger partial charge in [-0.3, -0.25) is 0 Å². The van der Waals surface area contributed by atoms with E-state index in [0.717, 1.165) is 23.1 Å². The van der Waals surface area contributed by atoms with Crippen LogP contribution in [0.25, 0.3) is 11.0 Å². The van der Waals surface area contributed by atoms with Crippen LogP contribution in [0.2, 0.25) is 0 Å². The van der Waals surface area contributed by atoms with Crippen LogP contribution in [0.3, 0.4) is 0 Å². The summed E-state index contributed by atoms with van der Waals surface area (Å²) in [7, 11) is 1.98. The number of halogens is 3. The molecule has 0 radical (unpaired) electrons. The molecule has 1 aromatic heterocycles. The summed E-state index contributed by atoms with van der Waals surface area (Å²) < 4.78 is 40.1. The van der Waals surface area contributed by atoms with Crippen molar-refractivity contribution in [2.45, 2.75) is 12.8 Å². The van der Waals surface area contributed by atoms with Gasteiger partial charge in [-0.1, -0.05) is 24.3 Å². The third kappa shape index (κ3) is 3.90. The second kappa shape index (κ2) is 6.46. The van der Waals surface area contributed by atoms with Gasteiger partial charge in [-0.2, -0.15) is 0 Å². The van der Waals surface area contributed by atoms with Crippen LogP contribution in [0.4, 0.5) is 18.9 Å². The van der Waals surface area contributed by atoms with E-state index in [0.29, 0.717) is 5.84 Å². The van der Waals surface area contributed by atoms with Gasteiger partial charge in [-0.05, 0) is 23.8 Å². The summed E-state index contributed by atoms with van der Waals surface area (Å²) in [5.41, 5.74) is 9.87. The third-order valence-electron chi connectivity index (χ3n) is 3.56. The maximum atomic E-state index is 11.5. The number of fused-ring (bicyclic) bond motifs is 3. The Kier molecular flexibility index (Phi) is 4.35. The third-order valence-corrected chi connectivity index (χ3v) is 3.56. The molecular weight excluding hydrogens is 333 g/mol. The number of amidine groups is 1. The average molecular weight is 348 g/mol. The van der Waals surface area contributed by atoms with Crippen molar-refractivity contribution in [3.05, 3.63) is 54.4 Å². The Balaban J connectivity index is 0.000000151. The van der Waals surface area contributed by atoms with Gasteiger partial charge in [-0.25, -0.2) is 9.98 Å². The van der Waals surface area contributed by atoms with Crippen molar-refractivity contribution in [3.63, 3.8) is 0 Å². The van der Waals surface area contributed by atoms with Crippen LogP contribution in [0.5, 0.6) is 5.75 Å². The molecule has 2 N–H and O–H groups in total. The first-order valence-electron chi connectivity index (χ1n) is 7.40. The first kappa shape index (κ1) is 16.8. The fourth-order valence-electron chi connectivity index (χ4n) is 2.50. The molecule has 0 unspecified atom stereocenters. The van der Waals surface area contributed by atoms with E-state index in [1.54, 1.807) is 12.4 Å². The number of hydrogen-bond donors (Lipinski definition) is 1. The number of benzene rings is 2. The maximum Gasteiger partial charge on any atom is 0.573 e. The monoisotopic (exact) mass is 348 g/mol. The number of hydrogen-bond acceptors (Lipinski definition) is 4. The minimum atomic E-state index is -4.60. The Bertz CT molecular complexity index is 917. The largest absolute Gasteiger partial charge is 0.573 e. The number of ether oxygens (including phenoxy) is 1. The summed E-state index contributed by atoms with van der Waals surface area (Å²) in [6.07, 6.45) is -2.04. The van der Waals surface area contributed by atoms with Crippen LogP contribution < -0.4 is 10.5 Å². The number of alkyl halides is 3. The Morgan fingerprint density at radius 3 is 2.52 bits per heavy atom. The van der Waals surface area contributed by atoms with Crippen molar-refractivity contribution >= 4 is 22.6 Å². The molecule has 0 aliphatic carbocycles. The van der Waals surface area contributed by atoms with Crippen molar-refractivity contribution in [1.82, 2.24) is 9.55 Å². The number of nitrogens with two attached hydrogens (primary N) is 1. The molecule has 0 bridgehead atoms. The number of aliphatic imine (C=N–C) groups is 1. The summed E-state index contributed by atoms with van der Waals surface area (Å²) >= 11 is 0. The highest BCUT2D eigenvalue weighted by atomic mass is 19.4. The molecule has 2 aromatic carbocycles. The summed E-state index contributed by atoms with van der Waals surface area (Å²) in [6, 6.07) is 11.2. The van der Waals surface area contributed by atoms with Crippen LogP contribution in [-0.2, 0) is 13.5 Å².